The van der Waals surface area contributed by atoms with Crippen LogP contribution < -0.4 is 0 Å². The SMILES string of the molecule is CCn1c(CO)nnc1C1COC(C)C1. The molecule has 1 aromatic rings. The first kappa shape index (κ1) is 10.6. The van der Waals surface area contributed by atoms with Gasteiger partial charge in [-0.05, 0) is 20.3 Å². The van der Waals surface area contributed by atoms with E-state index in [1.807, 2.05) is 11.5 Å². The van der Waals surface area contributed by atoms with Crippen molar-refractivity contribution >= 4 is 0 Å². The zero-order valence-electron chi connectivity index (χ0n) is 9.18. The lowest BCUT2D eigenvalue weighted by Gasteiger charge is -2.09. The van der Waals surface area contributed by atoms with Crippen molar-refractivity contribution in [2.45, 2.75) is 45.4 Å². The molecule has 0 spiro atoms. The predicted molar refractivity (Wildman–Crippen MR) is 54.4 cm³/mol. The van der Waals surface area contributed by atoms with Crippen LogP contribution in [0.15, 0.2) is 0 Å². The fourth-order valence-electron chi connectivity index (χ4n) is 2.11. The average Bonchev–Trinajstić information content (AvgIpc) is 2.82. The van der Waals surface area contributed by atoms with Gasteiger partial charge in [-0.25, -0.2) is 0 Å². The molecule has 2 heterocycles. The summed E-state index contributed by atoms with van der Waals surface area (Å²) in [6.45, 7) is 5.56. The van der Waals surface area contributed by atoms with Crippen LogP contribution in [0.5, 0.6) is 0 Å². The van der Waals surface area contributed by atoms with Gasteiger partial charge >= 0.3 is 0 Å². The van der Waals surface area contributed by atoms with E-state index in [-0.39, 0.29) is 6.61 Å². The minimum atomic E-state index is -0.0516. The number of hydrogen-bond acceptors (Lipinski definition) is 4. The lowest BCUT2D eigenvalue weighted by Crippen LogP contribution is -2.11. The Bertz CT molecular complexity index is 337. The van der Waals surface area contributed by atoms with Gasteiger partial charge in [-0.2, -0.15) is 0 Å². The van der Waals surface area contributed by atoms with Crippen molar-refractivity contribution in [3.63, 3.8) is 0 Å². The van der Waals surface area contributed by atoms with Crippen LogP contribution in [-0.2, 0) is 17.9 Å². The molecule has 1 saturated heterocycles. The van der Waals surface area contributed by atoms with Crippen LogP contribution in [0.3, 0.4) is 0 Å². The average molecular weight is 211 g/mol. The van der Waals surface area contributed by atoms with Crippen molar-refractivity contribution in [1.29, 1.82) is 0 Å². The van der Waals surface area contributed by atoms with Gasteiger partial charge in [-0.3, -0.25) is 0 Å². The topological polar surface area (TPSA) is 60.2 Å². The third-order valence-corrected chi connectivity index (χ3v) is 2.88. The molecule has 0 saturated carbocycles. The van der Waals surface area contributed by atoms with E-state index >= 15 is 0 Å². The van der Waals surface area contributed by atoms with E-state index in [2.05, 4.69) is 17.1 Å². The van der Waals surface area contributed by atoms with E-state index in [9.17, 15) is 0 Å². The summed E-state index contributed by atoms with van der Waals surface area (Å²) < 4.78 is 7.50. The standard InChI is InChI=1S/C10H17N3O2/c1-3-13-9(5-14)11-12-10(13)8-4-7(2)15-6-8/h7-8,14H,3-6H2,1-2H3. The molecule has 5 nitrogen and oxygen atoms in total. The summed E-state index contributed by atoms with van der Waals surface area (Å²) in [5.41, 5.74) is 0. The van der Waals surface area contributed by atoms with Crippen molar-refractivity contribution in [3.8, 4) is 0 Å². The smallest absolute Gasteiger partial charge is 0.158 e. The van der Waals surface area contributed by atoms with E-state index in [1.165, 1.54) is 0 Å². The van der Waals surface area contributed by atoms with Crippen LogP contribution in [0.1, 0.15) is 37.8 Å². The van der Waals surface area contributed by atoms with Gasteiger partial charge < -0.3 is 14.4 Å². The monoisotopic (exact) mass is 211 g/mol. The number of ether oxygens (including phenoxy) is 1. The van der Waals surface area contributed by atoms with Crippen molar-refractivity contribution in [2.24, 2.45) is 0 Å². The van der Waals surface area contributed by atoms with E-state index in [1.54, 1.807) is 0 Å². The minimum absolute atomic E-state index is 0.0516. The number of aromatic nitrogens is 3. The molecule has 0 aromatic carbocycles. The molecule has 1 aromatic heterocycles. The highest BCUT2D eigenvalue weighted by Crippen LogP contribution is 2.28. The third-order valence-electron chi connectivity index (χ3n) is 2.88. The van der Waals surface area contributed by atoms with Crippen LogP contribution in [0.2, 0.25) is 0 Å². The van der Waals surface area contributed by atoms with E-state index in [4.69, 9.17) is 9.84 Å². The number of aliphatic hydroxyl groups is 1. The fourth-order valence-corrected chi connectivity index (χ4v) is 2.11. The highest BCUT2D eigenvalue weighted by Gasteiger charge is 2.28. The molecule has 5 heteroatoms. The molecule has 0 bridgehead atoms. The van der Waals surface area contributed by atoms with Crippen LogP contribution in [0, 0.1) is 0 Å². The number of hydrogen-bond donors (Lipinski definition) is 1. The molecule has 0 aliphatic carbocycles. The molecule has 2 unspecified atom stereocenters. The molecular formula is C10H17N3O2. The van der Waals surface area contributed by atoms with Gasteiger partial charge in [0.05, 0.1) is 12.7 Å². The van der Waals surface area contributed by atoms with Gasteiger partial charge in [-0.15, -0.1) is 10.2 Å². The Morgan fingerprint density at radius 2 is 2.33 bits per heavy atom. The molecule has 1 aliphatic rings. The van der Waals surface area contributed by atoms with E-state index in [0.29, 0.717) is 24.5 Å². The number of nitrogens with zero attached hydrogens (tertiary/aromatic N) is 3. The van der Waals surface area contributed by atoms with Crippen LogP contribution in [0.25, 0.3) is 0 Å². The van der Waals surface area contributed by atoms with Crippen LogP contribution in [-0.4, -0.2) is 32.6 Å². The quantitative estimate of drug-likeness (QED) is 0.798. The zero-order valence-corrected chi connectivity index (χ0v) is 9.18. The number of aliphatic hydroxyl groups excluding tert-OH is 1. The molecule has 1 fully saturated rings. The number of rotatable bonds is 3. The van der Waals surface area contributed by atoms with Crippen molar-refractivity contribution in [2.75, 3.05) is 6.61 Å². The second-order valence-electron chi connectivity index (χ2n) is 3.95. The maximum atomic E-state index is 9.10. The van der Waals surface area contributed by atoms with Gasteiger partial charge in [0.1, 0.15) is 12.4 Å². The molecule has 2 atom stereocenters. The second kappa shape index (κ2) is 4.28. The Morgan fingerprint density at radius 3 is 2.87 bits per heavy atom. The Hall–Kier alpha value is -0.940. The van der Waals surface area contributed by atoms with Crippen molar-refractivity contribution in [1.82, 2.24) is 14.8 Å². The molecule has 1 aliphatic heterocycles. The summed E-state index contributed by atoms with van der Waals surface area (Å²) in [7, 11) is 0. The minimum Gasteiger partial charge on any atom is -0.388 e. The summed E-state index contributed by atoms with van der Waals surface area (Å²) in [4.78, 5) is 0. The second-order valence-corrected chi connectivity index (χ2v) is 3.95. The summed E-state index contributed by atoms with van der Waals surface area (Å²) >= 11 is 0. The van der Waals surface area contributed by atoms with Crippen molar-refractivity contribution < 1.29 is 9.84 Å². The van der Waals surface area contributed by atoms with Gasteiger partial charge in [0, 0.05) is 12.5 Å². The highest BCUT2D eigenvalue weighted by molar-refractivity contribution is 5.04. The van der Waals surface area contributed by atoms with E-state index in [0.717, 1.165) is 18.8 Å². The lowest BCUT2D eigenvalue weighted by atomic mass is 10.1. The summed E-state index contributed by atoms with van der Waals surface area (Å²) in [6.07, 6.45) is 1.29. The lowest BCUT2D eigenvalue weighted by molar-refractivity contribution is 0.123. The normalized spacial score (nSPS) is 26.1. The van der Waals surface area contributed by atoms with Gasteiger partial charge in [0.2, 0.25) is 0 Å². The molecule has 15 heavy (non-hydrogen) atoms. The Kier molecular flexibility index (Phi) is 3.02. The largest absolute Gasteiger partial charge is 0.388 e. The van der Waals surface area contributed by atoms with E-state index < -0.39 is 0 Å². The maximum absolute atomic E-state index is 9.10. The molecular weight excluding hydrogens is 194 g/mol. The Morgan fingerprint density at radius 1 is 1.53 bits per heavy atom. The Labute approximate surface area is 89.1 Å². The molecule has 84 valence electrons. The first-order chi connectivity index (χ1) is 7.26. The molecule has 2 rings (SSSR count). The maximum Gasteiger partial charge on any atom is 0.158 e. The van der Waals surface area contributed by atoms with Gasteiger partial charge in [0.25, 0.3) is 0 Å². The highest BCUT2D eigenvalue weighted by atomic mass is 16.5. The van der Waals surface area contributed by atoms with Gasteiger partial charge in [-0.1, -0.05) is 0 Å². The first-order valence-electron chi connectivity index (χ1n) is 5.40. The van der Waals surface area contributed by atoms with Crippen LogP contribution in [0.4, 0.5) is 0 Å². The third kappa shape index (κ3) is 1.89. The molecule has 1 N–H and O–H groups in total. The first-order valence-corrected chi connectivity index (χ1v) is 5.40. The van der Waals surface area contributed by atoms with Gasteiger partial charge in [0.15, 0.2) is 5.82 Å². The zero-order chi connectivity index (χ0) is 10.8. The fraction of sp³-hybridized carbons (Fsp3) is 0.800. The predicted octanol–water partition coefficient (Wildman–Crippen LogP) is 0.683. The van der Waals surface area contributed by atoms with Crippen molar-refractivity contribution in [3.05, 3.63) is 11.6 Å². The summed E-state index contributed by atoms with van der Waals surface area (Å²) in [6, 6.07) is 0. The Balaban J connectivity index is 2.24. The molecule has 0 amide bonds. The summed E-state index contributed by atoms with van der Waals surface area (Å²) in [5, 5.41) is 17.2. The van der Waals surface area contributed by atoms with Crippen LogP contribution >= 0.6 is 0 Å². The molecule has 0 radical (unpaired) electrons. The summed E-state index contributed by atoms with van der Waals surface area (Å²) in [5.74, 6) is 1.92.